The molecular formula is C6H4FNOS2. The van der Waals surface area contributed by atoms with Crippen LogP contribution in [0.1, 0.15) is 0 Å². The highest BCUT2D eigenvalue weighted by molar-refractivity contribution is 8.70. The molecule has 0 fully saturated rings. The molecule has 58 valence electrons. The van der Waals surface area contributed by atoms with Gasteiger partial charge in [-0.25, -0.2) is 8.60 Å². The van der Waals surface area contributed by atoms with E-state index in [9.17, 15) is 8.60 Å². The number of nitrogens with one attached hydrogen (secondary N) is 1. The van der Waals surface area contributed by atoms with Gasteiger partial charge >= 0.3 is 0 Å². The number of hydrogen-bond donors (Lipinski definition) is 1. The SMILES string of the molecule is O=S1Nc2ccc(F)cc2S1. The van der Waals surface area contributed by atoms with Crippen LogP contribution in [0.5, 0.6) is 0 Å². The van der Waals surface area contributed by atoms with Gasteiger partial charge in [0.2, 0.25) is 0 Å². The van der Waals surface area contributed by atoms with Crippen molar-refractivity contribution in [1.82, 2.24) is 0 Å². The lowest BCUT2D eigenvalue weighted by Crippen LogP contribution is -1.90. The molecule has 1 unspecified atom stereocenters. The van der Waals surface area contributed by atoms with E-state index in [1.807, 2.05) is 0 Å². The molecule has 2 nitrogen and oxygen atoms in total. The number of anilines is 1. The topological polar surface area (TPSA) is 29.1 Å². The van der Waals surface area contributed by atoms with Crippen LogP contribution in [0, 0.1) is 5.82 Å². The van der Waals surface area contributed by atoms with Crippen LogP contribution < -0.4 is 4.72 Å². The molecule has 0 aromatic heterocycles. The van der Waals surface area contributed by atoms with E-state index in [0.717, 1.165) is 16.5 Å². The summed E-state index contributed by atoms with van der Waals surface area (Å²) < 4.78 is 26.1. The smallest absolute Gasteiger partial charge is 0.184 e. The molecule has 1 aliphatic rings. The lowest BCUT2D eigenvalue weighted by atomic mass is 10.3. The highest BCUT2D eigenvalue weighted by Gasteiger charge is 2.17. The van der Waals surface area contributed by atoms with Gasteiger partial charge in [-0.15, -0.1) is 0 Å². The highest BCUT2D eigenvalue weighted by atomic mass is 33.1. The lowest BCUT2D eigenvalue weighted by molar-refractivity contribution is 0.625. The van der Waals surface area contributed by atoms with E-state index in [2.05, 4.69) is 4.72 Å². The largest absolute Gasteiger partial charge is 0.295 e. The highest BCUT2D eigenvalue weighted by Crippen LogP contribution is 2.37. The van der Waals surface area contributed by atoms with Gasteiger partial charge in [-0.1, -0.05) is 0 Å². The fraction of sp³-hybridized carbons (Fsp3) is 0. The molecule has 0 bridgehead atoms. The summed E-state index contributed by atoms with van der Waals surface area (Å²) in [6, 6.07) is 4.30. The summed E-state index contributed by atoms with van der Waals surface area (Å²) in [5, 5.41) is 0. The third-order valence-electron chi connectivity index (χ3n) is 1.30. The molecule has 2 rings (SSSR count). The lowest BCUT2D eigenvalue weighted by Gasteiger charge is -1.93. The monoisotopic (exact) mass is 189 g/mol. The Kier molecular flexibility index (Phi) is 1.61. The van der Waals surface area contributed by atoms with Crippen LogP contribution in [0.4, 0.5) is 10.1 Å². The van der Waals surface area contributed by atoms with Gasteiger partial charge in [-0.05, 0) is 29.0 Å². The molecule has 1 heterocycles. The van der Waals surface area contributed by atoms with Crippen LogP contribution in [0.25, 0.3) is 0 Å². The van der Waals surface area contributed by atoms with Crippen molar-refractivity contribution in [2.75, 3.05) is 4.72 Å². The van der Waals surface area contributed by atoms with Gasteiger partial charge in [0.15, 0.2) is 10.0 Å². The van der Waals surface area contributed by atoms with Crippen LogP contribution in [0.2, 0.25) is 0 Å². The molecular weight excluding hydrogens is 185 g/mol. The van der Waals surface area contributed by atoms with Crippen LogP contribution in [-0.2, 0) is 10.0 Å². The maximum absolute atomic E-state index is 12.5. The summed E-state index contributed by atoms with van der Waals surface area (Å²) in [6.07, 6.45) is 0. The number of halogens is 1. The van der Waals surface area contributed by atoms with Gasteiger partial charge in [-0.2, -0.15) is 0 Å². The fourth-order valence-electron chi connectivity index (χ4n) is 0.842. The normalized spacial score (nSPS) is 21.0. The minimum Gasteiger partial charge on any atom is -0.295 e. The second kappa shape index (κ2) is 2.49. The van der Waals surface area contributed by atoms with Gasteiger partial charge in [0.05, 0.1) is 5.69 Å². The van der Waals surface area contributed by atoms with Crippen molar-refractivity contribution >= 4 is 26.5 Å². The molecule has 11 heavy (non-hydrogen) atoms. The van der Waals surface area contributed by atoms with Gasteiger partial charge in [0, 0.05) is 4.90 Å². The van der Waals surface area contributed by atoms with Gasteiger partial charge in [0.25, 0.3) is 0 Å². The number of hydrogen-bond acceptors (Lipinski definition) is 2. The molecule has 1 aromatic rings. The summed E-state index contributed by atoms with van der Waals surface area (Å²) in [7, 11) is -0.00130. The quantitative estimate of drug-likeness (QED) is 0.632. The van der Waals surface area contributed by atoms with Gasteiger partial charge in [-0.3, -0.25) is 4.72 Å². The van der Waals surface area contributed by atoms with Crippen molar-refractivity contribution in [1.29, 1.82) is 0 Å². The number of rotatable bonds is 0. The van der Waals surface area contributed by atoms with Gasteiger partial charge < -0.3 is 0 Å². The molecule has 1 N–H and O–H groups in total. The molecule has 0 spiro atoms. The zero-order chi connectivity index (χ0) is 7.84. The standard InChI is InChI=1S/C6H4FNOS2/c7-4-1-2-5-6(3-4)10-11(9)8-5/h1-3,8H. The van der Waals surface area contributed by atoms with E-state index in [0.29, 0.717) is 4.90 Å². The van der Waals surface area contributed by atoms with Crippen molar-refractivity contribution in [2.45, 2.75) is 4.90 Å². The summed E-state index contributed by atoms with van der Waals surface area (Å²) in [4.78, 5) is 0.711. The number of fused-ring (bicyclic) bond motifs is 1. The van der Waals surface area contributed by atoms with E-state index in [1.54, 1.807) is 6.07 Å². The number of benzene rings is 1. The first-order chi connectivity index (χ1) is 5.25. The summed E-state index contributed by atoms with van der Waals surface area (Å²) >= 11 is 0. The van der Waals surface area contributed by atoms with Crippen molar-refractivity contribution in [3.8, 4) is 0 Å². The second-order valence-corrected chi connectivity index (χ2v) is 4.75. The molecule has 0 amide bonds. The molecule has 0 saturated carbocycles. The first-order valence-electron chi connectivity index (χ1n) is 2.92. The molecule has 0 saturated heterocycles. The second-order valence-electron chi connectivity index (χ2n) is 2.06. The van der Waals surface area contributed by atoms with Crippen LogP contribution >= 0.6 is 10.8 Å². The van der Waals surface area contributed by atoms with Crippen molar-refractivity contribution < 1.29 is 8.60 Å². The first kappa shape index (κ1) is 7.12. The fourth-order valence-corrected chi connectivity index (χ4v) is 3.14. The van der Waals surface area contributed by atoms with Gasteiger partial charge in [0.1, 0.15) is 5.82 Å². The molecule has 0 radical (unpaired) electrons. The summed E-state index contributed by atoms with van der Waals surface area (Å²) in [6.45, 7) is 0. The Hall–Kier alpha value is -0.550. The average Bonchev–Trinajstić information content (AvgIpc) is 2.27. The Balaban J connectivity index is 2.51. The molecule has 0 aliphatic carbocycles. The Morgan fingerprint density at radius 3 is 3.18 bits per heavy atom. The Labute approximate surface area is 69.2 Å². The Morgan fingerprint density at radius 2 is 2.36 bits per heavy atom. The third-order valence-corrected chi connectivity index (χ3v) is 3.60. The van der Waals surface area contributed by atoms with E-state index in [4.69, 9.17) is 0 Å². The summed E-state index contributed by atoms with van der Waals surface area (Å²) in [5.41, 5.74) is 0.745. The first-order valence-corrected chi connectivity index (χ1v) is 5.40. The average molecular weight is 189 g/mol. The zero-order valence-electron chi connectivity index (χ0n) is 5.33. The van der Waals surface area contributed by atoms with Crippen LogP contribution in [-0.4, -0.2) is 4.21 Å². The van der Waals surface area contributed by atoms with Crippen molar-refractivity contribution in [3.05, 3.63) is 24.0 Å². The molecule has 1 aromatic carbocycles. The van der Waals surface area contributed by atoms with Crippen LogP contribution in [0.15, 0.2) is 23.1 Å². The molecule has 1 atom stereocenters. The zero-order valence-corrected chi connectivity index (χ0v) is 6.97. The molecule has 1 aliphatic heterocycles. The third kappa shape index (κ3) is 1.25. The minimum atomic E-state index is -1.13. The van der Waals surface area contributed by atoms with Crippen molar-refractivity contribution in [2.24, 2.45) is 0 Å². The van der Waals surface area contributed by atoms with E-state index in [-0.39, 0.29) is 5.82 Å². The van der Waals surface area contributed by atoms with E-state index in [1.165, 1.54) is 12.1 Å². The van der Waals surface area contributed by atoms with E-state index < -0.39 is 10.0 Å². The predicted octanol–water partition coefficient (Wildman–Crippen LogP) is 1.92. The predicted molar refractivity (Wildman–Crippen MR) is 44.0 cm³/mol. The minimum absolute atomic E-state index is 0.294. The maximum Gasteiger partial charge on any atom is 0.184 e. The Bertz CT molecular complexity index is 328. The van der Waals surface area contributed by atoms with Crippen LogP contribution in [0.3, 0.4) is 0 Å². The maximum atomic E-state index is 12.5. The summed E-state index contributed by atoms with van der Waals surface area (Å²) in [5.74, 6) is -0.294. The molecule has 5 heteroatoms. The van der Waals surface area contributed by atoms with Crippen molar-refractivity contribution in [3.63, 3.8) is 0 Å². The Morgan fingerprint density at radius 1 is 1.55 bits per heavy atom. The van der Waals surface area contributed by atoms with E-state index >= 15 is 0 Å².